The van der Waals surface area contributed by atoms with Crippen LogP contribution in [-0.4, -0.2) is 43.2 Å². The van der Waals surface area contributed by atoms with Crippen molar-refractivity contribution in [3.63, 3.8) is 0 Å². The van der Waals surface area contributed by atoms with Crippen molar-refractivity contribution in [2.45, 2.75) is 32.7 Å². The first-order chi connectivity index (χ1) is 10.6. The lowest BCUT2D eigenvalue weighted by Gasteiger charge is -2.34. The normalized spacial score (nSPS) is 20.5. The van der Waals surface area contributed by atoms with Gasteiger partial charge in [-0.1, -0.05) is 6.92 Å². The number of piperidine rings is 1. The first-order valence-electron chi connectivity index (χ1n) is 8.08. The SMILES string of the molecule is CC1CCN([C@@H](C)C(=O)Nc2ccc3c(c2)OCCO3)CC1. The van der Waals surface area contributed by atoms with Gasteiger partial charge in [0.2, 0.25) is 5.91 Å². The Bertz CT molecular complexity index is 539. The molecule has 1 fully saturated rings. The van der Waals surface area contributed by atoms with E-state index in [-0.39, 0.29) is 11.9 Å². The van der Waals surface area contributed by atoms with E-state index in [2.05, 4.69) is 17.1 Å². The third kappa shape index (κ3) is 3.35. The molecule has 0 bridgehead atoms. The average molecular weight is 304 g/mol. The third-order valence-electron chi connectivity index (χ3n) is 4.56. The van der Waals surface area contributed by atoms with Crippen LogP contribution in [0.2, 0.25) is 0 Å². The maximum absolute atomic E-state index is 12.4. The van der Waals surface area contributed by atoms with Crippen LogP contribution in [-0.2, 0) is 4.79 Å². The van der Waals surface area contributed by atoms with Gasteiger partial charge in [-0.15, -0.1) is 0 Å². The van der Waals surface area contributed by atoms with Gasteiger partial charge < -0.3 is 14.8 Å². The molecule has 120 valence electrons. The Morgan fingerprint density at radius 2 is 1.91 bits per heavy atom. The topological polar surface area (TPSA) is 50.8 Å². The van der Waals surface area contributed by atoms with Crippen LogP contribution in [0.25, 0.3) is 0 Å². The van der Waals surface area contributed by atoms with Gasteiger partial charge in [0.25, 0.3) is 0 Å². The second-order valence-corrected chi connectivity index (χ2v) is 6.24. The van der Waals surface area contributed by atoms with E-state index < -0.39 is 0 Å². The Morgan fingerprint density at radius 1 is 1.23 bits per heavy atom. The molecular formula is C17H24N2O3. The second kappa shape index (κ2) is 6.57. The van der Waals surface area contributed by atoms with E-state index in [0.717, 1.165) is 30.4 Å². The molecule has 2 aliphatic heterocycles. The quantitative estimate of drug-likeness (QED) is 0.932. The maximum atomic E-state index is 12.4. The van der Waals surface area contributed by atoms with E-state index in [0.29, 0.717) is 19.0 Å². The van der Waals surface area contributed by atoms with E-state index >= 15 is 0 Å². The predicted molar refractivity (Wildman–Crippen MR) is 85.5 cm³/mol. The average Bonchev–Trinajstić information content (AvgIpc) is 2.55. The van der Waals surface area contributed by atoms with Crippen LogP contribution in [0.15, 0.2) is 18.2 Å². The summed E-state index contributed by atoms with van der Waals surface area (Å²) < 4.78 is 11.0. The largest absolute Gasteiger partial charge is 0.486 e. The molecule has 3 rings (SSSR count). The lowest BCUT2D eigenvalue weighted by Crippen LogP contribution is -2.45. The summed E-state index contributed by atoms with van der Waals surface area (Å²) in [5.41, 5.74) is 0.756. The van der Waals surface area contributed by atoms with Gasteiger partial charge in [0.1, 0.15) is 13.2 Å². The number of rotatable bonds is 3. The van der Waals surface area contributed by atoms with Gasteiger partial charge >= 0.3 is 0 Å². The molecule has 2 aliphatic rings. The molecule has 0 unspecified atom stereocenters. The van der Waals surface area contributed by atoms with Crippen molar-refractivity contribution in [2.24, 2.45) is 5.92 Å². The number of carbonyl (C=O) groups excluding carboxylic acids is 1. The molecule has 0 spiro atoms. The highest BCUT2D eigenvalue weighted by atomic mass is 16.6. The zero-order chi connectivity index (χ0) is 15.5. The van der Waals surface area contributed by atoms with Crippen LogP contribution >= 0.6 is 0 Å². The first kappa shape index (κ1) is 15.2. The van der Waals surface area contributed by atoms with Gasteiger partial charge in [-0.3, -0.25) is 9.69 Å². The van der Waals surface area contributed by atoms with Gasteiger partial charge in [-0.05, 0) is 50.9 Å². The number of carbonyl (C=O) groups is 1. The molecule has 5 heteroatoms. The highest BCUT2D eigenvalue weighted by Crippen LogP contribution is 2.32. The molecule has 0 saturated carbocycles. The fourth-order valence-corrected chi connectivity index (χ4v) is 2.95. The molecule has 5 nitrogen and oxygen atoms in total. The van der Waals surface area contributed by atoms with Crippen LogP contribution in [0.1, 0.15) is 26.7 Å². The molecule has 2 heterocycles. The molecular weight excluding hydrogens is 280 g/mol. The monoisotopic (exact) mass is 304 g/mol. The summed E-state index contributed by atoms with van der Waals surface area (Å²) in [5.74, 6) is 2.24. The zero-order valence-corrected chi connectivity index (χ0v) is 13.3. The van der Waals surface area contributed by atoms with Crippen LogP contribution in [0.3, 0.4) is 0 Å². The number of hydrogen-bond donors (Lipinski definition) is 1. The second-order valence-electron chi connectivity index (χ2n) is 6.24. The number of ether oxygens (including phenoxy) is 2. The molecule has 0 radical (unpaired) electrons. The van der Waals surface area contributed by atoms with Crippen LogP contribution in [0.5, 0.6) is 11.5 Å². The Hall–Kier alpha value is -1.75. The Morgan fingerprint density at radius 3 is 2.64 bits per heavy atom. The van der Waals surface area contributed by atoms with Gasteiger partial charge in [0.05, 0.1) is 6.04 Å². The standard InChI is InChI=1S/C17H24N2O3/c1-12-5-7-19(8-6-12)13(2)17(20)18-14-3-4-15-16(11-14)22-10-9-21-15/h3-4,11-13H,5-10H2,1-2H3,(H,18,20)/t13-/m0/s1. The van der Waals surface area contributed by atoms with Crippen molar-refractivity contribution in [2.75, 3.05) is 31.6 Å². The number of nitrogens with zero attached hydrogens (tertiary/aromatic N) is 1. The summed E-state index contributed by atoms with van der Waals surface area (Å²) in [5, 5.41) is 2.98. The van der Waals surface area contributed by atoms with Crippen LogP contribution < -0.4 is 14.8 Å². The molecule has 22 heavy (non-hydrogen) atoms. The Balaban J connectivity index is 1.61. The minimum Gasteiger partial charge on any atom is -0.486 e. The van der Waals surface area contributed by atoms with Crippen LogP contribution in [0.4, 0.5) is 5.69 Å². The minimum atomic E-state index is -0.110. The summed E-state index contributed by atoms with van der Waals surface area (Å²) in [7, 11) is 0. The van der Waals surface area contributed by atoms with Crippen molar-refractivity contribution in [1.82, 2.24) is 4.90 Å². The number of anilines is 1. The molecule has 1 aromatic rings. The molecule has 1 saturated heterocycles. The summed E-state index contributed by atoms with van der Waals surface area (Å²) in [6.45, 7) is 7.37. The molecule has 1 atom stereocenters. The third-order valence-corrected chi connectivity index (χ3v) is 4.56. The number of benzene rings is 1. The van der Waals surface area contributed by atoms with E-state index in [1.54, 1.807) is 0 Å². The van der Waals surface area contributed by atoms with Gasteiger partial charge in [0.15, 0.2) is 11.5 Å². The highest BCUT2D eigenvalue weighted by molar-refractivity contribution is 5.94. The number of nitrogens with one attached hydrogen (secondary N) is 1. The minimum absolute atomic E-state index is 0.0335. The predicted octanol–water partition coefficient (Wildman–Crippen LogP) is 2.52. The van der Waals surface area contributed by atoms with Crippen LogP contribution in [0, 0.1) is 5.92 Å². The summed E-state index contributed by atoms with van der Waals surface area (Å²) in [4.78, 5) is 14.7. The number of hydrogen-bond acceptors (Lipinski definition) is 4. The van der Waals surface area contributed by atoms with Crippen molar-refractivity contribution < 1.29 is 14.3 Å². The highest BCUT2D eigenvalue weighted by Gasteiger charge is 2.25. The van der Waals surface area contributed by atoms with Crippen molar-refractivity contribution in [1.29, 1.82) is 0 Å². The maximum Gasteiger partial charge on any atom is 0.241 e. The van der Waals surface area contributed by atoms with E-state index in [9.17, 15) is 4.79 Å². The number of amides is 1. The molecule has 1 amide bonds. The van der Waals surface area contributed by atoms with Gasteiger partial charge in [-0.2, -0.15) is 0 Å². The van der Waals surface area contributed by atoms with Crippen molar-refractivity contribution >= 4 is 11.6 Å². The number of fused-ring (bicyclic) bond motifs is 1. The Kier molecular flexibility index (Phi) is 4.52. The lowest BCUT2D eigenvalue weighted by molar-refractivity contribution is -0.121. The summed E-state index contributed by atoms with van der Waals surface area (Å²) in [6, 6.07) is 5.42. The first-order valence-corrected chi connectivity index (χ1v) is 8.08. The Labute approximate surface area is 131 Å². The van der Waals surface area contributed by atoms with Gasteiger partial charge in [0, 0.05) is 11.8 Å². The summed E-state index contributed by atoms with van der Waals surface area (Å²) >= 11 is 0. The molecule has 0 aromatic heterocycles. The molecule has 0 aliphatic carbocycles. The van der Waals surface area contributed by atoms with E-state index in [1.807, 2.05) is 25.1 Å². The summed E-state index contributed by atoms with van der Waals surface area (Å²) in [6.07, 6.45) is 2.34. The fourth-order valence-electron chi connectivity index (χ4n) is 2.95. The smallest absolute Gasteiger partial charge is 0.241 e. The zero-order valence-electron chi connectivity index (χ0n) is 13.3. The molecule has 1 N–H and O–H groups in total. The number of likely N-dealkylation sites (tertiary alicyclic amines) is 1. The van der Waals surface area contributed by atoms with E-state index in [4.69, 9.17) is 9.47 Å². The van der Waals surface area contributed by atoms with Gasteiger partial charge in [-0.25, -0.2) is 0 Å². The van der Waals surface area contributed by atoms with Crippen molar-refractivity contribution in [3.8, 4) is 11.5 Å². The molecule has 1 aromatic carbocycles. The van der Waals surface area contributed by atoms with E-state index in [1.165, 1.54) is 12.8 Å². The van der Waals surface area contributed by atoms with Crippen molar-refractivity contribution in [3.05, 3.63) is 18.2 Å². The lowest BCUT2D eigenvalue weighted by atomic mass is 9.98. The fraction of sp³-hybridized carbons (Fsp3) is 0.588.